The maximum absolute atomic E-state index is 12.0. The zero-order chi connectivity index (χ0) is 29.2. The van der Waals surface area contributed by atoms with Crippen LogP contribution in [-0.2, 0) is 19.1 Å². The van der Waals surface area contributed by atoms with Gasteiger partial charge in [-0.15, -0.1) is 12.4 Å². The molecule has 10 nitrogen and oxygen atoms in total. The summed E-state index contributed by atoms with van der Waals surface area (Å²) < 4.78 is 10.8. The highest BCUT2D eigenvalue weighted by atomic mass is 35.5. The van der Waals surface area contributed by atoms with Crippen LogP contribution in [0.2, 0.25) is 0 Å². The van der Waals surface area contributed by atoms with Crippen LogP contribution in [0.5, 0.6) is 0 Å². The van der Waals surface area contributed by atoms with Gasteiger partial charge in [-0.3, -0.25) is 24.3 Å². The molecule has 6 heterocycles. The normalized spacial score (nSPS) is 26.9. The Hall–Kier alpha value is -2.57. The summed E-state index contributed by atoms with van der Waals surface area (Å²) in [5, 5.41) is 3.29. The quantitative estimate of drug-likeness (QED) is 0.527. The highest BCUT2D eigenvalue weighted by molar-refractivity contribution is 5.85. The van der Waals surface area contributed by atoms with Gasteiger partial charge in [-0.1, -0.05) is 60.7 Å². The number of carbonyl (C=O) groups is 2. The number of fused-ring (bicyclic) bond motifs is 2. The summed E-state index contributed by atoms with van der Waals surface area (Å²) in [5.74, 6) is 0.317. The van der Waals surface area contributed by atoms with E-state index >= 15 is 0 Å². The first-order chi connectivity index (χ1) is 21.1. The van der Waals surface area contributed by atoms with Gasteiger partial charge in [0.25, 0.3) is 0 Å². The Morgan fingerprint density at radius 2 is 1.09 bits per heavy atom. The van der Waals surface area contributed by atoms with Crippen molar-refractivity contribution < 1.29 is 19.1 Å². The van der Waals surface area contributed by atoms with Gasteiger partial charge in [0.05, 0.1) is 31.3 Å². The van der Waals surface area contributed by atoms with Gasteiger partial charge < -0.3 is 24.6 Å². The molecule has 0 spiro atoms. The molecular weight excluding hydrogens is 580 g/mol. The molecule has 0 radical (unpaired) electrons. The number of carbonyl (C=O) groups excluding carboxylic acids is 2. The molecule has 11 heteroatoms. The first-order valence-corrected chi connectivity index (χ1v) is 15.9. The fraction of sp³-hybridized carbons (Fsp3) is 0.576. The zero-order valence-corrected chi connectivity index (χ0v) is 26.2. The highest BCUT2D eigenvalue weighted by Gasteiger charge is 2.42. The van der Waals surface area contributed by atoms with Gasteiger partial charge in [0, 0.05) is 77.5 Å². The van der Waals surface area contributed by atoms with Crippen LogP contribution >= 0.6 is 12.4 Å². The molecule has 1 N–H and O–H groups in total. The Morgan fingerprint density at radius 3 is 1.55 bits per heavy atom. The van der Waals surface area contributed by atoms with E-state index in [1.807, 2.05) is 9.80 Å². The number of nitrogens with one attached hydrogen (secondary N) is 1. The second-order valence-corrected chi connectivity index (χ2v) is 12.6. The van der Waals surface area contributed by atoms with E-state index in [0.29, 0.717) is 37.4 Å². The number of rotatable bonds is 5. The van der Waals surface area contributed by atoms with E-state index in [0.717, 1.165) is 65.4 Å². The van der Waals surface area contributed by atoms with Crippen LogP contribution in [0.15, 0.2) is 60.7 Å². The maximum Gasteiger partial charge on any atom is 0.248 e. The van der Waals surface area contributed by atoms with Crippen molar-refractivity contribution in [3.63, 3.8) is 0 Å². The van der Waals surface area contributed by atoms with E-state index < -0.39 is 0 Å². The molecule has 2 amide bonds. The monoisotopic (exact) mass is 624 g/mol. The minimum atomic E-state index is 0. The van der Waals surface area contributed by atoms with Crippen molar-refractivity contribution in [3.8, 4) is 0 Å². The number of benzene rings is 2. The van der Waals surface area contributed by atoms with Crippen molar-refractivity contribution in [3.05, 3.63) is 71.8 Å². The Kier molecular flexibility index (Phi) is 10.2. The van der Waals surface area contributed by atoms with E-state index in [4.69, 9.17) is 9.47 Å². The van der Waals surface area contributed by atoms with Crippen LogP contribution in [0.25, 0.3) is 0 Å². The summed E-state index contributed by atoms with van der Waals surface area (Å²) in [6.07, 6.45) is 0. The number of hydrogen-bond donors (Lipinski definition) is 1. The number of hydrogen-bond acceptors (Lipinski definition) is 8. The minimum Gasteiger partial charge on any atom is -0.369 e. The number of nitrogens with zero attached hydrogens (tertiary/aromatic N) is 5. The Morgan fingerprint density at radius 1 is 0.614 bits per heavy atom. The lowest BCUT2D eigenvalue weighted by Crippen LogP contribution is -2.67. The van der Waals surface area contributed by atoms with E-state index in [2.05, 4.69) is 80.7 Å². The molecule has 2 aromatic rings. The molecule has 8 rings (SSSR count). The topological polar surface area (TPSA) is 80.8 Å². The molecule has 0 bridgehead atoms. The molecule has 2 unspecified atom stereocenters. The molecular formula is C33H45ClN6O4. The van der Waals surface area contributed by atoms with Gasteiger partial charge in [0.1, 0.15) is 13.2 Å². The summed E-state index contributed by atoms with van der Waals surface area (Å²) in [6.45, 7) is 11.9. The molecule has 6 aliphatic rings. The molecule has 2 atom stereocenters. The molecule has 6 aliphatic heterocycles. The predicted octanol–water partition coefficient (Wildman–Crippen LogP) is 0.926. The number of likely N-dealkylation sites (tertiary alicyclic amines) is 1. The summed E-state index contributed by atoms with van der Waals surface area (Å²) >= 11 is 0. The van der Waals surface area contributed by atoms with Crippen LogP contribution in [0, 0.1) is 0 Å². The fourth-order valence-corrected chi connectivity index (χ4v) is 7.44. The summed E-state index contributed by atoms with van der Waals surface area (Å²) in [7, 11) is 0. The van der Waals surface area contributed by atoms with Crippen molar-refractivity contribution in [2.24, 2.45) is 0 Å². The van der Waals surface area contributed by atoms with E-state index in [1.165, 1.54) is 11.1 Å². The Balaban J connectivity index is 0.000000181. The Bertz CT molecular complexity index is 1210. The predicted molar refractivity (Wildman–Crippen MR) is 170 cm³/mol. The summed E-state index contributed by atoms with van der Waals surface area (Å²) in [5.41, 5.74) is 2.70. The van der Waals surface area contributed by atoms with Crippen molar-refractivity contribution >= 4 is 24.2 Å². The van der Waals surface area contributed by atoms with Crippen LogP contribution < -0.4 is 5.32 Å². The van der Waals surface area contributed by atoms with Gasteiger partial charge in [0.15, 0.2) is 0 Å². The smallest absolute Gasteiger partial charge is 0.248 e. The zero-order valence-electron chi connectivity index (χ0n) is 25.3. The molecule has 6 fully saturated rings. The molecule has 44 heavy (non-hydrogen) atoms. The SMILES string of the molecule is Cl.O=C1COCC2CN(C3CN(C(c4ccccc4)c4ccccc4)C3)CCN12.O=C1COCC2CN(C3CNC3)CCN12. The Labute approximate surface area is 266 Å². The van der Waals surface area contributed by atoms with Crippen molar-refractivity contribution in [2.45, 2.75) is 30.2 Å². The lowest BCUT2D eigenvalue weighted by atomic mass is 9.92. The average molecular weight is 625 g/mol. The number of morpholine rings is 2. The fourth-order valence-electron chi connectivity index (χ4n) is 7.44. The number of ether oxygens (including phenoxy) is 2. The van der Waals surface area contributed by atoms with E-state index in [1.54, 1.807) is 0 Å². The molecule has 0 aromatic heterocycles. The average Bonchev–Trinajstić information content (AvgIpc) is 2.99. The third-order valence-electron chi connectivity index (χ3n) is 10.0. The first-order valence-electron chi connectivity index (χ1n) is 15.9. The summed E-state index contributed by atoms with van der Waals surface area (Å²) in [6, 6.07) is 23.7. The number of piperazine rings is 2. The van der Waals surface area contributed by atoms with Crippen LogP contribution in [0.1, 0.15) is 17.2 Å². The standard InChI is InChI=1S/C23H27N3O2.C10H17N3O2.ClH/c27-22-17-28-16-21-15-24(11-12-26(21)22)20-13-25(14-20)23(18-7-3-1-4-8-18)19-9-5-2-6-10-19;14-10-7-15-6-9-5-12(1-2-13(9)10)8-3-11-4-8;/h1-10,20-21,23H,11-17H2;8-9,11H,1-7H2;1H. The molecule has 0 aliphatic carbocycles. The molecule has 2 aromatic carbocycles. The van der Waals surface area contributed by atoms with Crippen LogP contribution in [0.3, 0.4) is 0 Å². The van der Waals surface area contributed by atoms with Gasteiger partial charge in [-0.25, -0.2) is 0 Å². The van der Waals surface area contributed by atoms with Crippen LogP contribution in [-0.4, -0.2) is 152 Å². The van der Waals surface area contributed by atoms with Crippen molar-refractivity contribution in [2.75, 3.05) is 91.9 Å². The first kappa shape index (κ1) is 31.4. The van der Waals surface area contributed by atoms with Crippen LogP contribution in [0.4, 0.5) is 0 Å². The lowest BCUT2D eigenvalue weighted by Gasteiger charge is -2.53. The number of amides is 2. The van der Waals surface area contributed by atoms with E-state index in [-0.39, 0.29) is 43.5 Å². The summed E-state index contributed by atoms with van der Waals surface area (Å²) in [4.78, 5) is 35.2. The van der Waals surface area contributed by atoms with Crippen molar-refractivity contribution in [1.29, 1.82) is 0 Å². The second-order valence-electron chi connectivity index (χ2n) is 12.6. The second kappa shape index (κ2) is 14.2. The third-order valence-corrected chi connectivity index (χ3v) is 10.0. The van der Waals surface area contributed by atoms with Gasteiger partial charge in [-0.05, 0) is 11.1 Å². The molecule has 238 valence electrons. The maximum atomic E-state index is 12.0. The number of halogens is 1. The largest absolute Gasteiger partial charge is 0.369 e. The minimum absolute atomic E-state index is 0. The highest BCUT2D eigenvalue weighted by Crippen LogP contribution is 2.34. The van der Waals surface area contributed by atoms with Crippen molar-refractivity contribution in [1.82, 2.24) is 29.8 Å². The molecule has 0 saturated carbocycles. The lowest BCUT2D eigenvalue weighted by molar-refractivity contribution is -0.155. The molecule has 6 saturated heterocycles. The third kappa shape index (κ3) is 6.67. The van der Waals surface area contributed by atoms with E-state index in [9.17, 15) is 9.59 Å². The van der Waals surface area contributed by atoms with Gasteiger partial charge in [0.2, 0.25) is 11.8 Å². The van der Waals surface area contributed by atoms with Gasteiger partial charge >= 0.3 is 0 Å². The van der Waals surface area contributed by atoms with Gasteiger partial charge in [-0.2, -0.15) is 0 Å².